The third-order valence-electron chi connectivity index (χ3n) is 2.82. The van der Waals surface area contributed by atoms with E-state index in [0.29, 0.717) is 11.4 Å². The van der Waals surface area contributed by atoms with E-state index < -0.39 is 6.10 Å². The number of aryl methyl sites for hydroxylation is 1. The first kappa shape index (κ1) is 13.6. The lowest BCUT2D eigenvalue weighted by atomic mass is 10.0. The highest BCUT2D eigenvalue weighted by Gasteiger charge is 2.09. The molecule has 0 aliphatic heterocycles. The van der Waals surface area contributed by atoms with Crippen LogP contribution in [0.15, 0.2) is 53.0 Å². The summed E-state index contributed by atoms with van der Waals surface area (Å²) in [6.07, 6.45) is 1.06. The Morgan fingerprint density at radius 2 is 1.83 bits per heavy atom. The molecule has 0 saturated heterocycles. The van der Waals surface area contributed by atoms with Gasteiger partial charge in [-0.3, -0.25) is 0 Å². The zero-order valence-corrected chi connectivity index (χ0v) is 12.2. The Kier molecular flexibility index (Phi) is 4.81. The monoisotopic (exact) mass is 324 g/mol. The predicted octanol–water partition coefficient (Wildman–Crippen LogP) is 4.77. The second kappa shape index (κ2) is 6.37. The van der Waals surface area contributed by atoms with Crippen LogP contribution in [0.25, 0.3) is 0 Å². The van der Waals surface area contributed by atoms with Crippen LogP contribution >= 0.6 is 27.5 Å². The fourth-order valence-electron chi connectivity index (χ4n) is 1.88. The molecular formula is C15H14BrClO. The largest absolute Gasteiger partial charge is 0.388 e. The van der Waals surface area contributed by atoms with Crippen LogP contribution in [0, 0.1) is 0 Å². The van der Waals surface area contributed by atoms with Gasteiger partial charge >= 0.3 is 0 Å². The van der Waals surface area contributed by atoms with E-state index in [4.69, 9.17) is 11.6 Å². The summed E-state index contributed by atoms with van der Waals surface area (Å²) < 4.78 is 0.892. The van der Waals surface area contributed by atoms with Gasteiger partial charge in [-0.15, -0.1) is 0 Å². The average molecular weight is 326 g/mol. The van der Waals surface area contributed by atoms with Crippen molar-refractivity contribution in [1.29, 1.82) is 0 Å². The van der Waals surface area contributed by atoms with Crippen molar-refractivity contribution in [2.45, 2.75) is 18.9 Å². The van der Waals surface area contributed by atoms with Crippen molar-refractivity contribution < 1.29 is 5.11 Å². The fourth-order valence-corrected chi connectivity index (χ4v) is 2.77. The van der Waals surface area contributed by atoms with Gasteiger partial charge < -0.3 is 5.11 Å². The number of hydrogen-bond donors (Lipinski definition) is 1. The molecule has 0 saturated carbocycles. The maximum absolute atomic E-state index is 10.2. The van der Waals surface area contributed by atoms with Crippen LogP contribution in [0.1, 0.15) is 23.7 Å². The molecule has 0 amide bonds. The molecule has 0 spiro atoms. The predicted molar refractivity (Wildman–Crippen MR) is 78.9 cm³/mol. The van der Waals surface area contributed by atoms with E-state index in [1.165, 1.54) is 5.56 Å². The molecule has 1 nitrogen and oxygen atoms in total. The van der Waals surface area contributed by atoms with E-state index in [0.717, 1.165) is 16.5 Å². The van der Waals surface area contributed by atoms with Crippen LogP contribution in [0.2, 0.25) is 5.02 Å². The minimum Gasteiger partial charge on any atom is -0.388 e. The highest BCUT2D eigenvalue weighted by atomic mass is 79.9. The first-order valence-electron chi connectivity index (χ1n) is 5.83. The van der Waals surface area contributed by atoms with Gasteiger partial charge in [-0.2, -0.15) is 0 Å². The van der Waals surface area contributed by atoms with Crippen molar-refractivity contribution in [2.24, 2.45) is 0 Å². The van der Waals surface area contributed by atoms with Gasteiger partial charge in [0.25, 0.3) is 0 Å². The van der Waals surface area contributed by atoms with E-state index >= 15 is 0 Å². The summed E-state index contributed by atoms with van der Waals surface area (Å²) in [4.78, 5) is 0. The minimum atomic E-state index is -0.486. The molecule has 2 aromatic carbocycles. The normalized spacial score (nSPS) is 12.4. The number of benzene rings is 2. The number of aliphatic hydroxyl groups excluding tert-OH is 1. The summed E-state index contributed by atoms with van der Waals surface area (Å²) in [6, 6.07) is 15.7. The van der Waals surface area contributed by atoms with Gasteiger partial charge in [-0.05, 0) is 42.2 Å². The van der Waals surface area contributed by atoms with E-state index in [1.807, 2.05) is 36.4 Å². The third kappa shape index (κ3) is 3.84. The number of aliphatic hydroxyl groups is 1. The standard InChI is InChI=1S/C15H14BrClO/c16-13-8-12(9-14(17)10-13)15(18)7-6-11-4-2-1-3-5-11/h1-5,8-10,15,18H,6-7H2. The van der Waals surface area contributed by atoms with Gasteiger partial charge in [-0.25, -0.2) is 0 Å². The van der Waals surface area contributed by atoms with Crippen LogP contribution < -0.4 is 0 Å². The summed E-state index contributed by atoms with van der Waals surface area (Å²) in [6.45, 7) is 0. The van der Waals surface area contributed by atoms with Crippen molar-refractivity contribution in [3.8, 4) is 0 Å². The highest BCUT2D eigenvalue weighted by molar-refractivity contribution is 9.10. The van der Waals surface area contributed by atoms with Crippen molar-refractivity contribution in [1.82, 2.24) is 0 Å². The van der Waals surface area contributed by atoms with Gasteiger partial charge in [0.1, 0.15) is 0 Å². The first-order valence-corrected chi connectivity index (χ1v) is 7.00. The second-order valence-corrected chi connectivity index (χ2v) is 5.59. The van der Waals surface area contributed by atoms with E-state index in [2.05, 4.69) is 28.1 Å². The van der Waals surface area contributed by atoms with Gasteiger partial charge in [0.05, 0.1) is 6.10 Å². The Bertz CT molecular complexity index is 493. The summed E-state index contributed by atoms with van der Waals surface area (Å²) in [5.74, 6) is 0. The van der Waals surface area contributed by atoms with Crippen LogP contribution in [0.4, 0.5) is 0 Å². The van der Waals surface area contributed by atoms with Crippen LogP contribution in [0.5, 0.6) is 0 Å². The maximum atomic E-state index is 10.2. The zero-order valence-electron chi connectivity index (χ0n) is 9.81. The molecule has 2 aromatic rings. The third-order valence-corrected chi connectivity index (χ3v) is 3.49. The Labute approximate surface area is 121 Å². The molecule has 0 aliphatic carbocycles. The van der Waals surface area contributed by atoms with Crippen molar-refractivity contribution in [3.63, 3.8) is 0 Å². The lowest BCUT2D eigenvalue weighted by Gasteiger charge is -2.12. The molecule has 0 radical (unpaired) electrons. The lowest BCUT2D eigenvalue weighted by molar-refractivity contribution is 0.168. The van der Waals surface area contributed by atoms with Crippen molar-refractivity contribution in [3.05, 3.63) is 69.2 Å². The second-order valence-electron chi connectivity index (χ2n) is 4.24. The molecule has 0 fully saturated rings. The van der Waals surface area contributed by atoms with E-state index in [-0.39, 0.29) is 0 Å². The molecular weight excluding hydrogens is 312 g/mol. The van der Waals surface area contributed by atoms with E-state index in [1.54, 1.807) is 0 Å². The molecule has 3 heteroatoms. The van der Waals surface area contributed by atoms with Gasteiger partial charge in [0, 0.05) is 9.50 Å². The zero-order chi connectivity index (χ0) is 13.0. The van der Waals surface area contributed by atoms with Gasteiger partial charge in [0.2, 0.25) is 0 Å². The van der Waals surface area contributed by atoms with Gasteiger partial charge in [0.15, 0.2) is 0 Å². The Morgan fingerprint density at radius 3 is 2.50 bits per heavy atom. The molecule has 94 valence electrons. The number of hydrogen-bond acceptors (Lipinski definition) is 1. The first-order chi connectivity index (χ1) is 8.65. The lowest BCUT2D eigenvalue weighted by Crippen LogP contribution is -1.99. The highest BCUT2D eigenvalue weighted by Crippen LogP contribution is 2.26. The van der Waals surface area contributed by atoms with E-state index in [9.17, 15) is 5.11 Å². The fraction of sp³-hybridized carbons (Fsp3) is 0.200. The molecule has 0 aromatic heterocycles. The Balaban J connectivity index is 2.01. The van der Waals surface area contributed by atoms with Crippen LogP contribution in [0.3, 0.4) is 0 Å². The molecule has 18 heavy (non-hydrogen) atoms. The molecule has 0 aliphatic rings. The molecule has 1 unspecified atom stereocenters. The molecule has 0 bridgehead atoms. The minimum absolute atomic E-state index is 0.486. The summed E-state index contributed by atoms with van der Waals surface area (Å²) in [5.41, 5.74) is 2.09. The number of halogens is 2. The Morgan fingerprint density at radius 1 is 1.11 bits per heavy atom. The summed E-state index contributed by atoms with van der Waals surface area (Å²) in [7, 11) is 0. The SMILES string of the molecule is OC(CCc1ccccc1)c1cc(Cl)cc(Br)c1. The Hall–Kier alpha value is -0.830. The average Bonchev–Trinajstić information content (AvgIpc) is 2.36. The smallest absolute Gasteiger partial charge is 0.0794 e. The van der Waals surface area contributed by atoms with Crippen LogP contribution in [-0.2, 0) is 6.42 Å². The summed E-state index contributed by atoms with van der Waals surface area (Å²) in [5, 5.41) is 10.8. The van der Waals surface area contributed by atoms with Gasteiger partial charge in [-0.1, -0.05) is 57.9 Å². The van der Waals surface area contributed by atoms with Crippen LogP contribution in [-0.4, -0.2) is 5.11 Å². The molecule has 1 N–H and O–H groups in total. The molecule has 0 heterocycles. The number of rotatable bonds is 4. The van der Waals surface area contributed by atoms with Crippen molar-refractivity contribution >= 4 is 27.5 Å². The summed E-state index contributed by atoms with van der Waals surface area (Å²) >= 11 is 9.35. The quantitative estimate of drug-likeness (QED) is 0.858. The maximum Gasteiger partial charge on any atom is 0.0794 e. The molecule has 2 rings (SSSR count). The molecule has 1 atom stereocenters. The topological polar surface area (TPSA) is 20.2 Å². The van der Waals surface area contributed by atoms with Crippen molar-refractivity contribution in [2.75, 3.05) is 0 Å².